The molecule has 2 nitrogen and oxygen atoms in total. The molecule has 0 aliphatic rings. The number of hydrogen-bond acceptors (Lipinski definition) is 2. The molecule has 0 saturated carbocycles. The Morgan fingerprint density at radius 1 is 0.952 bits per heavy atom. The SMILES string of the molecule is CC(C)NCc1ccc(Cl)cc1Oc1cc(Cl)cc(Cl)c1. The Kier molecular flexibility index (Phi) is 5.77. The first-order valence-electron chi connectivity index (χ1n) is 6.60. The number of rotatable bonds is 5. The number of nitrogens with one attached hydrogen (secondary N) is 1. The highest BCUT2D eigenvalue weighted by atomic mass is 35.5. The fourth-order valence-electron chi connectivity index (χ4n) is 1.80. The maximum absolute atomic E-state index is 6.06. The topological polar surface area (TPSA) is 21.3 Å². The van der Waals surface area contributed by atoms with Crippen LogP contribution in [0.1, 0.15) is 19.4 Å². The first kappa shape index (κ1) is 16.4. The van der Waals surface area contributed by atoms with E-state index in [4.69, 9.17) is 39.5 Å². The van der Waals surface area contributed by atoms with E-state index in [0.717, 1.165) is 5.56 Å². The summed E-state index contributed by atoms with van der Waals surface area (Å²) < 4.78 is 5.89. The van der Waals surface area contributed by atoms with E-state index in [1.165, 1.54) is 0 Å². The first-order valence-corrected chi connectivity index (χ1v) is 7.73. The first-order chi connectivity index (χ1) is 9.94. The third kappa shape index (κ3) is 5.08. The van der Waals surface area contributed by atoms with Gasteiger partial charge in [0.05, 0.1) is 0 Å². The Labute approximate surface area is 140 Å². The third-order valence-corrected chi connectivity index (χ3v) is 3.47. The Bertz CT molecular complexity index is 609. The van der Waals surface area contributed by atoms with Crippen molar-refractivity contribution >= 4 is 34.8 Å². The number of hydrogen-bond donors (Lipinski definition) is 1. The highest BCUT2D eigenvalue weighted by molar-refractivity contribution is 6.34. The second-order valence-corrected chi connectivity index (χ2v) is 6.30. The average Bonchev–Trinajstić information content (AvgIpc) is 2.36. The van der Waals surface area contributed by atoms with E-state index in [1.807, 2.05) is 12.1 Å². The van der Waals surface area contributed by atoms with Gasteiger partial charge in [-0.3, -0.25) is 0 Å². The highest BCUT2D eigenvalue weighted by Gasteiger charge is 2.08. The number of halogens is 3. The van der Waals surface area contributed by atoms with E-state index in [9.17, 15) is 0 Å². The molecule has 2 rings (SSSR count). The molecule has 0 amide bonds. The molecule has 1 N–H and O–H groups in total. The lowest BCUT2D eigenvalue weighted by Crippen LogP contribution is -2.22. The monoisotopic (exact) mass is 343 g/mol. The van der Waals surface area contributed by atoms with Gasteiger partial charge >= 0.3 is 0 Å². The minimum atomic E-state index is 0.383. The molecule has 0 spiro atoms. The zero-order valence-electron chi connectivity index (χ0n) is 11.8. The van der Waals surface area contributed by atoms with Crippen LogP contribution in [-0.2, 0) is 6.54 Å². The molecule has 0 aromatic heterocycles. The summed E-state index contributed by atoms with van der Waals surface area (Å²) >= 11 is 18.0. The van der Waals surface area contributed by atoms with E-state index in [1.54, 1.807) is 24.3 Å². The maximum atomic E-state index is 6.06. The van der Waals surface area contributed by atoms with Gasteiger partial charge in [0.1, 0.15) is 11.5 Å². The lowest BCUT2D eigenvalue weighted by Gasteiger charge is -2.14. The second kappa shape index (κ2) is 7.37. The van der Waals surface area contributed by atoms with Gasteiger partial charge in [-0.15, -0.1) is 0 Å². The van der Waals surface area contributed by atoms with E-state index in [2.05, 4.69) is 19.2 Å². The van der Waals surface area contributed by atoms with Crippen molar-refractivity contribution in [3.63, 3.8) is 0 Å². The smallest absolute Gasteiger partial charge is 0.133 e. The molecule has 2 aromatic carbocycles. The molecule has 5 heteroatoms. The summed E-state index contributed by atoms with van der Waals surface area (Å²) in [4.78, 5) is 0. The van der Waals surface area contributed by atoms with Crippen molar-refractivity contribution in [2.24, 2.45) is 0 Å². The van der Waals surface area contributed by atoms with Crippen LogP contribution in [0.5, 0.6) is 11.5 Å². The standard InChI is InChI=1S/C16H16Cl3NO/c1-10(2)20-9-11-3-4-12(17)8-16(11)21-15-6-13(18)5-14(19)7-15/h3-8,10,20H,9H2,1-2H3. The Balaban J connectivity index is 2.26. The molecule has 2 aromatic rings. The predicted octanol–water partition coefficient (Wildman–Crippen LogP) is 5.94. The van der Waals surface area contributed by atoms with Crippen LogP contribution in [0, 0.1) is 0 Å². The normalized spacial score (nSPS) is 11.0. The Hall–Kier alpha value is -0.930. The van der Waals surface area contributed by atoms with Crippen LogP contribution in [0.25, 0.3) is 0 Å². The minimum Gasteiger partial charge on any atom is -0.457 e. The van der Waals surface area contributed by atoms with Crippen molar-refractivity contribution in [1.82, 2.24) is 5.32 Å². The number of ether oxygens (including phenoxy) is 1. The molecule has 0 aliphatic heterocycles. The van der Waals surface area contributed by atoms with Gasteiger partial charge in [-0.1, -0.05) is 54.7 Å². The molecule has 0 aliphatic carbocycles. The van der Waals surface area contributed by atoms with Gasteiger partial charge in [0.25, 0.3) is 0 Å². The molecular formula is C16H16Cl3NO. The summed E-state index contributed by atoms with van der Waals surface area (Å²) in [5.74, 6) is 1.27. The third-order valence-electron chi connectivity index (χ3n) is 2.79. The molecule has 112 valence electrons. The molecule has 0 fully saturated rings. The van der Waals surface area contributed by atoms with Gasteiger partial charge in [0.2, 0.25) is 0 Å². The van der Waals surface area contributed by atoms with Crippen LogP contribution in [0.15, 0.2) is 36.4 Å². The molecule has 0 unspecified atom stereocenters. The van der Waals surface area contributed by atoms with Gasteiger partial charge in [0.15, 0.2) is 0 Å². The van der Waals surface area contributed by atoms with Crippen molar-refractivity contribution in [1.29, 1.82) is 0 Å². The van der Waals surface area contributed by atoms with Gasteiger partial charge in [0, 0.05) is 33.2 Å². The summed E-state index contributed by atoms with van der Waals surface area (Å²) in [5.41, 5.74) is 1.02. The zero-order chi connectivity index (χ0) is 15.4. The molecule has 0 atom stereocenters. The van der Waals surface area contributed by atoms with E-state index in [0.29, 0.717) is 39.2 Å². The lowest BCUT2D eigenvalue weighted by atomic mass is 10.2. The van der Waals surface area contributed by atoms with Crippen molar-refractivity contribution < 1.29 is 4.74 Å². The Morgan fingerprint density at radius 2 is 1.62 bits per heavy atom. The highest BCUT2D eigenvalue weighted by Crippen LogP contribution is 2.32. The summed E-state index contributed by atoms with van der Waals surface area (Å²) in [6, 6.07) is 11.1. The summed E-state index contributed by atoms with van der Waals surface area (Å²) in [5, 5.41) is 5.03. The van der Waals surface area contributed by atoms with Gasteiger partial charge in [-0.25, -0.2) is 0 Å². The fraction of sp³-hybridized carbons (Fsp3) is 0.250. The average molecular weight is 345 g/mol. The molecule has 21 heavy (non-hydrogen) atoms. The van der Waals surface area contributed by atoms with Crippen LogP contribution >= 0.6 is 34.8 Å². The predicted molar refractivity (Wildman–Crippen MR) is 90.0 cm³/mol. The van der Waals surface area contributed by atoms with Gasteiger partial charge in [-0.05, 0) is 30.3 Å². The molecule has 0 saturated heterocycles. The van der Waals surface area contributed by atoms with E-state index >= 15 is 0 Å². The quantitative estimate of drug-likeness (QED) is 0.725. The fourth-order valence-corrected chi connectivity index (χ4v) is 2.47. The summed E-state index contributed by atoms with van der Waals surface area (Å²) in [6.45, 7) is 4.87. The molecular weight excluding hydrogens is 329 g/mol. The zero-order valence-corrected chi connectivity index (χ0v) is 14.1. The van der Waals surface area contributed by atoms with Gasteiger partial charge in [-0.2, -0.15) is 0 Å². The largest absolute Gasteiger partial charge is 0.457 e. The minimum absolute atomic E-state index is 0.383. The summed E-state index contributed by atoms with van der Waals surface area (Å²) in [7, 11) is 0. The van der Waals surface area contributed by atoms with Crippen molar-refractivity contribution in [2.75, 3.05) is 0 Å². The van der Waals surface area contributed by atoms with E-state index < -0.39 is 0 Å². The molecule has 0 radical (unpaired) electrons. The van der Waals surface area contributed by atoms with Crippen molar-refractivity contribution in [3.8, 4) is 11.5 Å². The van der Waals surface area contributed by atoms with Crippen LogP contribution in [0.2, 0.25) is 15.1 Å². The van der Waals surface area contributed by atoms with Gasteiger partial charge < -0.3 is 10.1 Å². The second-order valence-electron chi connectivity index (χ2n) is 4.99. The lowest BCUT2D eigenvalue weighted by molar-refractivity contribution is 0.469. The van der Waals surface area contributed by atoms with Crippen molar-refractivity contribution in [2.45, 2.75) is 26.4 Å². The van der Waals surface area contributed by atoms with Crippen LogP contribution in [0.3, 0.4) is 0 Å². The van der Waals surface area contributed by atoms with Crippen LogP contribution in [0.4, 0.5) is 0 Å². The maximum Gasteiger partial charge on any atom is 0.133 e. The molecule has 0 heterocycles. The van der Waals surface area contributed by atoms with E-state index in [-0.39, 0.29) is 0 Å². The molecule has 0 bridgehead atoms. The summed E-state index contributed by atoms with van der Waals surface area (Å²) in [6.07, 6.45) is 0. The number of benzene rings is 2. The van der Waals surface area contributed by atoms with Crippen LogP contribution in [-0.4, -0.2) is 6.04 Å². The van der Waals surface area contributed by atoms with Crippen LogP contribution < -0.4 is 10.1 Å². The Morgan fingerprint density at radius 3 is 2.24 bits per heavy atom. The van der Waals surface area contributed by atoms with Crippen molar-refractivity contribution in [3.05, 3.63) is 57.0 Å².